The number of carbonyl (C=O) groups is 1. The van der Waals surface area contributed by atoms with E-state index in [2.05, 4.69) is 5.32 Å². The Labute approximate surface area is 123 Å². The molecule has 0 aromatic heterocycles. The molecule has 0 aliphatic carbocycles. The first-order valence-corrected chi connectivity index (χ1v) is 6.62. The molecule has 0 heterocycles. The van der Waals surface area contributed by atoms with E-state index in [1.54, 1.807) is 48.5 Å². The summed E-state index contributed by atoms with van der Waals surface area (Å²) in [4.78, 5) is 12.0. The fourth-order valence-corrected chi connectivity index (χ4v) is 1.91. The van der Waals surface area contributed by atoms with Gasteiger partial charge in [-0.3, -0.25) is 4.79 Å². The molecule has 2 aromatic carbocycles. The van der Waals surface area contributed by atoms with Gasteiger partial charge < -0.3 is 21.3 Å². The van der Waals surface area contributed by atoms with E-state index in [9.17, 15) is 9.90 Å². The van der Waals surface area contributed by atoms with Crippen molar-refractivity contribution in [3.05, 3.63) is 59.7 Å². The number of nitrogens with one attached hydrogen (secondary N) is 1. The van der Waals surface area contributed by atoms with Gasteiger partial charge in [0.05, 0.1) is 12.6 Å². The van der Waals surface area contributed by atoms with Gasteiger partial charge in [-0.05, 0) is 41.8 Å². The molecule has 5 nitrogen and oxygen atoms in total. The Morgan fingerprint density at radius 1 is 1.05 bits per heavy atom. The molecule has 0 saturated carbocycles. The lowest BCUT2D eigenvalue weighted by Gasteiger charge is -2.12. The molecule has 0 aliphatic rings. The lowest BCUT2D eigenvalue weighted by Crippen LogP contribution is -2.37. The highest BCUT2D eigenvalue weighted by Gasteiger charge is 2.14. The second-order valence-electron chi connectivity index (χ2n) is 4.82. The van der Waals surface area contributed by atoms with E-state index in [4.69, 9.17) is 10.8 Å². The number of hydrogen-bond donors (Lipinski definition) is 4. The highest BCUT2D eigenvalue weighted by atomic mass is 16.3. The number of benzene rings is 2. The summed E-state index contributed by atoms with van der Waals surface area (Å²) in [7, 11) is 0. The molecule has 1 amide bonds. The van der Waals surface area contributed by atoms with E-state index in [1.165, 1.54) is 0 Å². The van der Waals surface area contributed by atoms with E-state index in [0.717, 1.165) is 11.1 Å². The molecule has 2 aromatic rings. The average Bonchev–Trinajstić information content (AvgIpc) is 2.50. The first-order valence-electron chi connectivity index (χ1n) is 6.62. The zero-order valence-electron chi connectivity index (χ0n) is 11.5. The van der Waals surface area contributed by atoms with Crippen molar-refractivity contribution in [1.82, 2.24) is 0 Å². The van der Waals surface area contributed by atoms with E-state index >= 15 is 0 Å². The standard InChI is InChI=1S/C16H18N2O3/c17-15(9-11-3-7-14(20)8-4-11)16(21)18-13-5-1-12(10-19)2-6-13/h1-8,15,19-20H,9-10,17H2,(H,18,21). The van der Waals surface area contributed by atoms with Crippen LogP contribution in [0.2, 0.25) is 0 Å². The summed E-state index contributed by atoms with van der Waals surface area (Å²) in [6.07, 6.45) is 0.390. The second-order valence-corrected chi connectivity index (χ2v) is 4.82. The Kier molecular flexibility index (Phi) is 4.92. The molecule has 110 valence electrons. The number of nitrogens with two attached hydrogens (primary N) is 1. The number of rotatable bonds is 5. The molecule has 5 N–H and O–H groups in total. The van der Waals surface area contributed by atoms with Crippen LogP contribution in [0.5, 0.6) is 5.75 Å². The van der Waals surface area contributed by atoms with Crippen LogP contribution in [0.1, 0.15) is 11.1 Å². The Morgan fingerprint density at radius 3 is 2.19 bits per heavy atom. The third-order valence-corrected chi connectivity index (χ3v) is 3.13. The van der Waals surface area contributed by atoms with Gasteiger partial charge in [0.2, 0.25) is 5.91 Å². The fraction of sp³-hybridized carbons (Fsp3) is 0.188. The Hall–Kier alpha value is -2.37. The van der Waals surface area contributed by atoms with Crippen molar-refractivity contribution < 1.29 is 15.0 Å². The summed E-state index contributed by atoms with van der Waals surface area (Å²) in [5.41, 5.74) is 8.17. The van der Waals surface area contributed by atoms with Gasteiger partial charge in [-0.2, -0.15) is 0 Å². The van der Waals surface area contributed by atoms with E-state index < -0.39 is 6.04 Å². The molecule has 0 aliphatic heterocycles. The van der Waals surface area contributed by atoms with Crippen molar-refractivity contribution in [1.29, 1.82) is 0 Å². The number of phenolic OH excluding ortho intramolecular Hbond substituents is 1. The molecule has 21 heavy (non-hydrogen) atoms. The van der Waals surface area contributed by atoms with Crippen molar-refractivity contribution in [3.63, 3.8) is 0 Å². The second kappa shape index (κ2) is 6.88. The molecule has 2 rings (SSSR count). The predicted molar refractivity (Wildman–Crippen MR) is 80.8 cm³/mol. The minimum atomic E-state index is -0.674. The highest BCUT2D eigenvalue weighted by molar-refractivity contribution is 5.94. The van der Waals surface area contributed by atoms with E-state index in [0.29, 0.717) is 12.1 Å². The van der Waals surface area contributed by atoms with Gasteiger partial charge in [-0.1, -0.05) is 24.3 Å². The summed E-state index contributed by atoms with van der Waals surface area (Å²) < 4.78 is 0. The molecule has 5 heteroatoms. The van der Waals surface area contributed by atoms with Crippen LogP contribution in [0, 0.1) is 0 Å². The number of carbonyl (C=O) groups excluding carboxylic acids is 1. The number of aromatic hydroxyl groups is 1. The van der Waals surface area contributed by atoms with Crippen LogP contribution in [0.4, 0.5) is 5.69 Å². The van der Waals surface area contributed by atoms with Gasteiger partial charge in [0, 0.05) is 5.69 Å². The summed E-state index contributed by atoms with van der Waals surface area (Å²) in [6.45, 7) is -0.0331. The molecular formula is C16H18N2O3. The van der Waals surface area contributed by atoms with Crippen molar-refractivity contribution in [2.24, 2.45) is 5.73 Å². The smallest absolute Gasteiger partial charge is 0.241 e. The SMILES string of the molecule is NC(Cc1ccc(O)cc1)C(=O)Nc1ccc(CO)cc1. The molecule has 0 saturated heterocycles. The maximum atomic E-state index is 12.0. The lowest BCUT2D eigenvalue weighted by molar-refractivity contribution is -0.117. The number of phenols is 1. The zero-order chi connectivity index (χ0) is 15.2. The quantitative estimate of drug-likeness (QED) is 0.668. The van der Waals surface area contributed by atoms with E-state index in [-0.39, 0.29) is 18.3 Å². The van der Waals surface area contributed by atoms with Crippen molar-refractivity contribution in [2.45, 2.75) is 19.1 Å². The fourth-order valence-electron chi connectivity index (χ4n) is 1.91. The number of amides is 1. The third-order valence-electron chi connectivity index (χ3n) is 3.13. The molecule has 0 radical (unpaired) electrons. The van der Waals surface area contributed by atoms with Crippen LogP contribution in [0.25, 0.3) is 0 Å². The zero-order valence-corrected chi connectivity index (χ0v) is 11.5. The molecule has 1 unspecified atom stereocenters. The topological polar surface area (TPSA) is 95.6 Å². The summed E-state index contributed by atoms with van der Waals surface area (Å²) in [5, 5.41) is 20.9. The Morgan fingerprint density at radius 2 is 1.62 bits per heavy atom. The van der Waals surface area contributed by atoms with Crippen LogP contribution in [0.3, 0.4) is 0 Å². The first-order chi connectivity index (χ1) is 10.1. The number of aliphatic hydroxyl groups is 1. The van der Waals surface area contributed by atoms with Gasteiger partial charge in [-0.15, -0.1) is 0 Å². The monoisotopic (exact) mass is 286 g/mol. The largest absolute Gasteiger partial charge is 0.508 e. The number of hydrogen-bond acceptors (Lipinski definition) is 4. The normalized spacial score (nSPS) is 11.9. The van der Waals surface area contributed by atoms with Crippen LogP contribution in [-0.4, -0.2) is 22.2 Å². The summed E-state index contributed by atoms with van der Waals surface area (Å²) in [6, 6.07) is 12.8. The van der Waals surface area contributed by atoms with Gasteiger partial charge in [0.15, 0.2) is 0 Å². The summed E-state index contributed by atoms with van der Waals surface area (Å²) >= 11 is 0. The van der Waals surface area contributed by atoms with Gasteiger partial charge in [-0.25, -0.2) is 0 Å². The van der Waals surface area contributed by atoms with Crippen molar-refractivity contribution >= 4 is 11.6 Å². The average molecular weight is 286 g/mol. The van der Waals surface area contributed by atoms with Gasteiger partial charge in [0.1, 0.15) is 5.75 Å². The van der Waals surface area contributed by atoms with Crippen LogP contribution in [0.15, 0.2) is 48.5 Å². The van der Waals surface area contributed by atoms with Crippen LogP contribution < -0.4 is 11.1 Å². The maximum absolute atomic E-state index is 12.0. The maximum Gasteiger partial charge on any atom is 0.241 e. The van der Waals surface area contributed by atoms with Crippen molar-refractivity contribution in [2.75, 3.05) is 5.32 Å². The third kappa shape index (κ3) is 4.30. The molecule has 0 fully saturated rings. The number of aliphatic hydroxyl groups excluding tert-OH is 1. The van der Waals surface area contributed by atoms with Gasteiger partial charge in [0.25, 0.3) is 0 Å². The Bertz CT molecular complexity index is 594. The highest BCUT2D eigenvalue weighted by Crippen LogP contribution is 2.13. The molecule has 1 atom stereocenters. The van der Waals surface area contributed by atoms with Crippen LogP contribution in [-0.2, 0) is 17.8 Å². The van der Waals surface area contributed by atoms with E-state index in [1.807, 2.05) is 0 Å². The van der Waals surface area contributed by atoms with Crippen LogP contribution >= 0.6 is 0 Å². The molecule has 0 spiro atoms. The Balaban J connectivity index is 1.93. The first kappa shape index (κ1) is 15.0. The molecular weight excluding hydrogens is 268 g/mol. The number of anilines is 1. The van der Waals surface area contributed by atoms with Crippen molar-refractivity contribution in [3.8, 4) is 5.75 Å². The lowest BCUT2D eigenvalue weighted by atomic mass is 10.1. The van der Waals surface area contributed by atoms with Gasteiger partial charge >= 0.3 is 0 Å². The minimum Gasteiger partial charge on any atom is -0.508 e. The molecule has 0 bridgehead atoms. The summed E-state index contributed by atoms with van der Waals surface area (Å²) in [5.74, 6) is -0.0967. The minimum absolute atomic E-state index is 0.0331. The predicted octanol–water partition coefficient (Wildman–Crippen LogP) is 1.39.